The zero-order valence-electron chi connectivity index (χ0n) is 27.5. The average molecular weight is 668 g/mol. The standard InChI is InChI=1S/C47H29N3S/c1-3-13-32(14-4-1)37-19-11-20-39-41(29-40-38-18-9-10-21-42(38)51-44(40)43(37)39)47-49-45(33-15-5-2-6-16-33)48-46(50-47)34-25-22-31(23-26-34)36-27-24-30-12-7-8-17-35(30)28-36/h1-29H. The molecule has 4 heteroatoms. The maximum Gasteiger partial charge on any atom is 0.164 e. The van der Waals surface area contributed by atoms with Crippen LogP contribution in [0.25, 0.3) is 98.1 Å². The van der Waals surface area contributed by atoms with Crippen LogP contribution < -0.4 is 0 Å². The van der Waals surface area contributed by atoms with Crippen molar-refractivity contribution in [2.75, 3.05) is 0 Å². The molecule has 0 aliphatic carbocycles. The van der Waals surface area contributed by atoms with Gasteiger partial charge >= 0.3 is 0 Å². The lowest BCUT2D eigenvalue weighted by molar-refractivity contribution is 1.08. The summed E-state index contributed by atoms with van der Waals surface area (Å²) >= 11 is 1.85. The van der Waals surface area contributed by atoms with Gasteiger partial charge in [-0.3, -0.25) is 0 Å². The van der Waals surface area contributed by atoms with Crippen LogP contribution in [0.15, 0.2) is 176 Å². The van der Waals surface area contributed by atoms with E-state index in [1.54, 1.807) is 0 Å². The van der Waals surface area contributed by atoms with Gasteiger partial charge in [0.1, 0.15) is 0 Å². The Labute approximate surface area is 299 Å². The quantitative estimate of drug-likeness (QED) is 0.183. The SMILES string of the molecule is c1ccc(-c2nc(-c3ccc(-c4ccc5ccccc5c4)cc3)nc(-c3cc4c5ccccc5sc4c4c(-c5ccccc5)cccc34)n2)cc1. The van der Waals surface area contributed by atoms with Crippen LogP contribution in [0.5, 0.6) is 0 Å². The Hall–Kier alpha value is -6.49. The molecule has 10 rings (SSSR count). The molecule has 0 saturated heterocycles. The van der Waals surface area contributed by atoms with E-state index >= 15 is 0 Å². The number of thiophene rings is 1. The Kier molecular flexibility index (Phi) is 7.00. The summed E-state index contributed by atoms with van der Waals surface area (Å²) < 4.78 is 2.54. The topological polar surface area (TPSA) is 38.7 Å². The Morgan fingerprint density at radius 1 is 0.333 bits per heavy atom. The number of hydrogen-bond donors (Lipinski definition) is 0. The van der Waals surface area contributed by atoms with Crippen LogP contribution in [0.1, 0.15) is 0 Å². The van der Waals surface area contributed by atoms with Crippen molar-refractivity contribution in [3.8, 4) is 56.4 Å². The predicted molar refractivity (Wildman–Crippen MR) is 215 cm³/mol. The van der Waals surface area contributed by atoms with Gasteiger partial charge in [-0.05, 0) is 56.6 Å². The molecule has 0 radical (unpaired) electrons. The fourth-order valence-electron chi connectivity index (χ4n) is 7.20. The molecule has 0 N–H and O–H groups in total. The third-order valence-electron chi connectivity index (χ3n) is 9.72. The molecule has 0 unspecified atom stereocenters. The van der Waals surface area contributed by atoms with Crippen LogP contribution in [0.4, 0.5) is 0 Å². The van der Waals surface area contributed by atoms with Gasteiger partial charge in [-0.25, -0.2) is 15.0 Å². The first kappa shape index (κ1) is 29.4. The van der Waals surface area contributed by atoms with Crippen LogP contribution in [0.2, 0.25) is 0 Å². The molecule has 10 aromatic rings. The van der Waals surface area contributed by atoms with Crippen molar-refractivity contribution >= 4 is 53.1 Å². The number of aromatic nitrogens is 3. The Morgan fingerprint density at radius 3 is 1.71 bits per heavy atom. The molecule has 238 valence electrons. The molecule has 0 aliphatic rings. The highest BCUT2D eigenvalue weighted by Gasteiger charge is 2.20. The molecule has 2 aromatic heterocycles. The molecule has 0 atom stereocenters. The first-order valence-electron chi connectivity index (χ1n) is 17.1. The molecule has 0 bridgehead atoms. The van der Waals surface area contributed by atoms with E-state index in [-0.39, 0.29) is 0 Å². The van der Waals surface area contributed by atoms with E-state index in [9.17, 15) is 0 Å². The van der Waals surface area contributed by atoms with Gasteiger partial charge in [-0.1, -0.05) is 158 Å². The smallest absolute Gasteiger partial charge is 0.164 e. The number of benzene rings is 8. The van der Waals surface area contributed by atoms with Gasteiger partial charge in [-0.15, -0.1) is 11.3 Å². The van der Waals surface area contributed by atoms with Crippen LogP contribution in [0, 0.1) is 0 Å². The molecular weight excluding hydrogens is 639 g/mol. The lowest BCUT2D eigenvalue weighted by atomic mass is 9.93. The summed E-state index contributed by atoms with van der Waals surface area (Å²) in [6.07, 6.45) is 0. The maximum atomic E-state index is 5.25. The van der Waals surface area contributed by atoms with Crippen molar-refractivity contribution in [3.05, 3.63) is 176 Å². The van der Waals surface area contributed by atoms with Crippen molar-refractivity contribution in [1.29, 1.82) is 0 Å². The van der Waals surface area contributed by atoms with Crippen LogP contribution in [0.3, 0.4) is 0 Å². The number of fused-ring (bicyclic) bond motifs is 6. The van der Waals surface area contributed by atoms with Crippen molar-refractivity contribution in [3.63, 3.8) is 0 Å². The third kappa shape index (κ3) is 5.16. The van der Waals surface area contributed by atoms with Gasteiger partial charge in [0.15, 0.2) is 17.5 Å². The van der Waals surface area contributed by atoms with Crippen LogP contribution in [-0.4, -0.2) is 15.0 Å². The monoisotopic (exact) mass is 667 g/mol. The highest BCUT2D eigenvalue weighted by Crippen LogP contribution is 2.45. The molecule has 0 saturated carbocycles. The van der Waals surface area contributed by atoms with Gasteiger partial charge in [0, 0.05) is 42.2 Å². The molecule has 0 aliphatic heterocycles. The molecular formula is C47H29N3S. The fourth-order valence-corrected chi connectivity index (χ4v) is 8.46. The first-order chi connectivity index (χ1) is 25.3. The molecule has 0 spiro atoms. The van der Waals surface area contributed by atoms with Crippen molar-refractivity contribution in [1.82, 2.24) is 15.0 Å². The minimum atomic E-state index is 0.645. The fraction of sp³-hybridized carbons (Fsp3) is 0. The largest absolute Gasteiger partial charge is 0.208 e. The first-order valence-corrected chi connectivity index (χ1v) is 17.9. The second kappa shape index (κ2) is 12.1. The summed E-state index contributed by atoms with van der Waals surface area (Å²) in [6, 6.07) is 62.1. The molecule has 0 amide bonds. The summed E-state index contributed by atoms with van der Waals surface area (Å²) in [7, 11) is 0. The molecule has 8 aromatic carbocycles. The zero-order chi connectivity index (χ0) is 33.7. The van der Waals surface area contributed by atoms with E-state index < -0.39 is 0 Å². The Balaban J connectivity index is 1.20. The van der Waals surface area contributed by atoms with E-state index in [2.05, 4.69) is 158 Å². The Bertz CT molecular complexity index is 2900. The average Bonchev–Trinajstić information content (AvgIpc) is 3.59. The van der Waals surface area contributed by atoms with E-state index in [0.717, 1.165) is 27.6 Å². The highest BCUT2D eigenvalue weighted by atomic mass is 32.1. The van der Waals surface area contributed by atoms with Gasteiger partial charge < -0.3 is 0 Å². The van der Waals surface area contributed by atoms with E-state index in [1.807, 2.05) is 29.5 Å². The van der Waals surface area contributed by atoms with Crippen molar-refractivity contribution < 1.29 is 0 Å². The number of rotatable bonds is 5. The van der Waals surface area contributed by atoms with Crippen molar-refractivity contribution in [2.24, 2.45) is 0 Å². The normalized spacial score (nSPS) is 11.5. The van der Waals surface area contributed by atoms with Gasteiger partial charge in [0.05, 0.1) is 0 Å². The van der Waals surface area contributed by atoms with Gasteiger partial charge in [0.25, 0.3) is 0 Å². The summed E-state index contributed by atoms with van der Waals surface area (Å²) in [6.45, 7) is 0. The van der Waals surface area contributed by atoms with E-state index in [4.69, 9.17) is 15.0 Å². The minimum absolute atomic E-state index is 0.645. The molecule has 51 heavy (non-hydrogen) atoms. The second-order valence-electron chi connectivity index (χ2n) is 12.8. The van der Waals surface area contributed by atoms with Crippen LogP contribution in [-0.2, 0) is 0 Å². The van der Waals surface area contributed by atoms with Gasteiger partial charge in [0.2, 0.25) is 0 Å². The van der Waals surface area contributed by atoms with Crippen molar-refractivity contribution in [2.45, 2.75) is 0 Å². The zero-order valence-corrected chi connectivity index (χ0v) is 28.3. The molecule has 0 fully saturated rings. The lowest BCUT2D eigenvalue weighted by Gasteiger charge is -2.14. The summed E-state index contributed by atoms with van der Waals surface area (Å²) in [5, 5.41) is 7.26. The minimum Gasteiger partial charge on any atom is -0.208 e. The molecule has 2 heterocycles. The summed E-state index contributed by atoms with van der Waals surface area (Å²) in [5.41, 5.74) is 7.60. The van der Waals surface area contributed by atoms with E-state index in [1.165, 1.54) is 53.0 Å². The summed E-state index contributed by atoms with van der Waals surface area (Å²) in [5.74, 6) is 1.95. The van der Waals surface area contributed by atoms with Crippen LogP contribution >= 0.6 is 11.3 Å². The highest BCUT2D eigenvalue weighted by molar-refractivity contribution is 7.26. The summed E-state index contributed by atoms with van der Waals surface area (Å²) in [4.78, 5) is 15.5. The number of nitrogens with zero attached hydrogens (tertiary/aromatic N) is 3. The Morgan fingerprint density at radius 2 is 0.922 bits per heavy atom. The maximum absolute atomic E-state index is 5.25. The lowest BCUT2D eigenvalue weighted by Crippen LogP contribution is -2.01. The third-order valence-corrected chi connectivity index (χ3v) is 10.9. The second-order valence-corrected chi connectivity index (χ2v) is 13.9. The predicted octanol–water partition coefficient (Wildman–Crippen LogP) is 12.9. The van der Waals surface area contributed by atoms with E-state index in [0.29, 0.717) is 17.5 Å². The molecule has 3 nitrogen and oxygen atoms in total. The number of hydrogen-bond acceptors (Lipinski definition) is 4. The van der Waals surface area contributed by atoms with Gasteiger partial charge in [-0.2, -0.15) is 0 Å².